The standard InChI is InChI=1S/C39H54N4O6S2/c1-7-10-22-39(23-11-8-2)27-43(29-20-16-13-17-21-29)31-24-33(50-4)32(25-34(31)51(5,6,48)42-39)49-26-35(44)41-36(28-18-14-12-15-19-28)37(45)40-30(9-3)38(46)47/h12-21,24-25,30,36H,7-11,22-23,26-27H2,1-6H3,(H,40,45)(H,41,44)(H,42,48)(H,46,47). The highest BCUT2D eigenvalue weighted by molar-refractivity contribution is 8.17. The molecule has 10 nitrogen and oxygen atoms in total. The predicted molar refractivity (Wildman–Crippen MR) is 208 cm³/mol. The molecule has 2 atom stereocenters. The van der Waals surface area contributed by atoms with E-state index in [9.17, 15) is 19.5 Å². The zero-order valence-electron chi connectivity index (χ0n) is 30.7. The molecule has 1 aliphatic heterocycles. The van der Waals surface area contributed by atoms with Gasteiger partial charge in [0.25, 0.3) is 5.91 Å². The highest BCUT2D eigenvalue weighted by Crippen LogP contribution is 2.49. The largest absolute Gasteiger partial charge is 0.483 e. The van der Waals surface area contributed by atoms with Crippen molar-refractivity contribution in [3.05, 3.63) is 78.4 Å². The van der Waals surface area contributed by atoms with Crippen molar-refractivity contribution in [3.63, 3.8) is 0 Å². The van der Waals surface area contributed by atoms with E-state index in [2.05, 4.69) is 46.2 Å². The SMILES string of the molecule is CCCCC1(CCCC)CN(c2ccccc2)c2cc(SC)c(OCC(=O)NC(C(=O)NC(CC)C(=O)O)c3ccccc3)cc2S(C)(C)(=O)N1. The number of amides is 2. The van der Waals surface area contributed by atoms with Crippen LogP contribution in [0, 0.1) is 0 Å². The molecule has 1 aliphatic rings. The maximum absolute atomic E-state index is 15.4. The van der Waals surface area contributed by atoms with Gasteiger partial charge >= 0.3 is 5.97 Å². The summed E-state index contributed by atoms with van der Waals surface area (Å²) in [7, 11) is -3.73. The lowest BCUT2D eigenvalue weighted by Crippen LogP contribution is -2.60. The van der Waals surface area contributed by atoms with Crippen LogP contribution in [0.25, 0.3) is 0 Å². The molecule has 12 heteroatoms. The molecule has 0 fully saturated rings. The highest BCUT2D eigenvalue weighted by atomic mass is 32.3. The van der Waals surface area contributed by atoms with Crippen LogP contribution in [0.15, 0.2) is 82.6 Å². The molecule has 0 bridgehead atoms. The van der Waals surface area contributed by atoms with Gasteiger partial charge in [0, 0.05) is 30.3 Å². The van der Waals surface area contributed by atoms with E-state index < -0.39 is 51.3 Å². The summed E-state index contributed by atoms with van der Waals surface area (Å²) in [5.41, 5.74) is 1.91. The van der Waals surface area contributed by atoms with E-state index in [4.69, 9.17) is 4.74 Å². The second-order valence-corrected chi connectivity index (χ2v) is 19.0. The molecule has 3 aromatic carbocycles. The van der Waals surface area contributed by atoms with Crippen LogP contribution in [0.5, 0.6) is 5.75 Å². The van der Waals surface area contributed by atoms with Crippen molar-refractivity contribution >= 4 is 50.2 Å². The van der Waals surface area contributed by atoms with Crippen molar-refractivity contribution in [1.29, 1.82) is 0 Å². The maximum atomic E-state index is 15.4. The van der Waals surface area contributed by atoms with Crippen molar-refractivity contribution in [3.8, 4) is 5.75 Å². The Balaban J connectivity index is 1.71. The number of anilines is 2. The number of hydrogen-bond donors (Lipinski definition) is 4. The smallest absolute Gasteiger partial charge is 0.326 e. The number of fused-ring (bicyclic) bond motifs is 1. The number of carbonyl (C=O) groups excluding carboxylic acids is 2. The molecule has 0 aliphatic carbocycles. The van der Waals surface area contributed by atoms with Crippen LogP contribution in [0.1, 0.15) is 77.3 Å². The monoisotopic (exact) mass is 738 g/mol. The second-order valence-electron chi connectivity index (χ2n) is 13.8. The van der Waals surface area contributed by atoms with Gasteiger partial charge in [0.1, 0.15) is 17.8 Å². The summed E-state index contributed by atoms with van der Waals surface area (Å²) in [6.45, 7) is 6.23. The highest BCUT2D eigenvalue weighted by Gasteiger charge is 2.46. The molecule has 278 valence electrons. The number of unbranched alkanes of at least 4 members (excludes halogenated alkanes) is 2. The van der Waals surface area contributed by atoms with Gasteiger partial charge in [-0.15, -0.1) is 11.8 Å². The quantitative estimate of drug-likeness (QED) is 0.111. The third kappa shape index (κ3) is 9.93. The Labute approximate surface area is 307 Å². The summed E-state index contributed by atoms with van der Waals surface area (Å²) in [4.78, 5) is 42.0. The molecule has 0 saturated carbocycles. The first-order chi connectivity index (χ1) is 24.2. The van der Waals surface area contributed by atoms with Crippen LogP contribution in [-0.4, -0.2) is 70.6 Å². The van der Waals surface area contributed by atoms with Gasteiger partial charge in [0.15, 0.2) is 6.61 Å². The number of nitrogens with zero attached hydrogens (tertiary/aromatic N) is 1. The number of nitrogens with one attached hydrogen (secondary N) is 3. The van der Waals surface area contributed by atoms with Gasteiger partial charge in [0.2, 0.25) is 5.91 Å². The number of carbonyl (C=O) groups is 3. The zero-order chi connectivity index (χ0) is 37.3. The van der Waals surface area contributed by atoms with Gasteiger partial charge in [-0.1, -0.05) is 95.0 Å². The van der Waals surface area contributed by atoms with E-state index in [1.54, 1.807) is 49.8 Å². The van der Waals surface area contributed by atoms with E-state index >= 15 is 4.21 Å². The number of carboxylic acids is 1. The fourth-order valence-electron chi connectivity index (χ4n) is 6.73. The Hall–Kier alpha value is -3.87. The first kappa shape index (κ1) is 39.9. The fourth-order valence-corrected chi connectivity index (χ4v) is 10.1. The number of aliphatic carboxylic acids is 1. The van der Waals surface area contributed by atoms with Gasteiger partial charge in [-0.3, -0.25) is 13.8 Å². The Morgan fingerprint density at radius 2 is 1.57 bits per heavy atom. The number of hydrogen-bond acceptors (Lipinski definition) is 7. The predicted octanol–water partition coefficient (Wildman–Crippen LogP) is 6.84. The molecule has 51 heavy (non-hydrogen) atoms. The van der Waals surface area contributed by atoms with Crippen molar-refractivity contribution < 1.29 is 28.4 Å². The Morgan fingerprint density at radius 3 is 2.12 bits per heavy atom. The van der Waals surface area contributed by atoms with Gasteiger partial charge in [0.05, 0.1) is 15.5 Å². The minimum Gasteiger partial charge on any atom is -0.483 e. The third-order valence-electron chi connectivity index (χ3n) is 9.32. The van der Waals surface area contributed by atoms with Crippen LogP contribution in [0.3, 0.4) is 0 Å². The second kappa shape index (κ2) is 17.1. The lowest BCUT2D eigenvalue weighted by atomic mass is 9.87. The lowest BCUT2D eigenvalue weighted by Gasteiger charge is -2.45. The number of thioether (sulfide) groups is 1. The Bertz CT molecular complexity index is 1720. The van der Waals surface area contributed by atoms with E-state index in [-0.39, 0.29) is 6.42 Å². The molecule has 0 spiro atoms. The van der Waals surface area contributed by atoms with Crippen LogP contribution in [0.2, 0.25) is 0 Å². The van der Waals surface area contributed by atoms with Gasteiger partial charge in [-0.05, 0) is 64.6 Å². The van der Waals surface area contributed by atoms with Crippen LogP contribution >= 0.6 is 11.8 Å². The topological polar surface area (TPSA) is 137 Å². The normalized spacial score (nSPS) is 17.8. The number of para-hydroxylation sites is 1. The summed E-state index contributed by atoms with van der Waals surface area (Å²) < 4.78 is 25.4. The average molecular weight is 739 g/mol. The molecule has 0 radical (unpaired) electrons. The van der Waals surface area contributed by atoms with Crippen LogP contribution < -0.4 is 25.0 Å². The van der Waals surface area contributed by atoms with Gasteiger partial charge in [-0.25, -0.2) is 9.52 Å². The van der Waals surface area contributed by atoms with Crippen molar-refractivity contribution in [1.82, 2.24) is 15.4 Å². The number of benzene rings is 3. The maximum Gasteiger partial charge on any atom is 0.326 e. The van der Waals surface area contributed by atoms with Gasteiger partial charge < -0.3 is 25.4 Å². The lowest BCUT2D eigenvalue weighted by molar-refractivity contribution is -0.142. The summed E-state index contributed by atoms with van der Waals surface area (Å²) in [6, 6.07) is 20.4. The molecule has 4 rings (SSSR count). The molecule has 1 heterocycles. The molecule has 0 saturated heterocycles. The third-order valence-corrected chi connectivity index (χ3v) is 12.7. The van der Waals surface area contributed by atoms with E-state index in [0.717, 1.165) is 54.8 Å². The number of ether oxygens (including phenoxy) is 1. The molecular formula is C39H54N4O6S2. The number of carboxylic acid groups (broad SMARTS) is 1. The minimum absolute atomic E-state index is 0.184. The first-order valence-corrected chi connectivity index (χ1v) is 21.7. The molecule has 4 N–H and O–H groups in total. The molecule has 2 unspecified atom stereocenters. The molecule has 3 aromatic rings. The summed E-state index contributed by atoms with van der Waals surface area (Å²) >= 11 is 1.46. The minimum atomic E-state index is -3.73. The molecular weight excluding hydrogens is 685 g/mol. The summed E-state index contributed by atoms with van der Waals surface area (Å²) in [6.07, 6.45) is 11.5. The zero-order valence-corrected chi connectivity index (χ0v) is 32.3. The van der Waals surface area contributed by atoms with Crippen LogP contribution in [0.4, 0.5) is 11.4 Å². The summed E-state index contributed by atoms with van der Waals surface area (Å²) in [5.74, 6) is -1.96. The van der Waals surface area contributed by atoms with Crippen molar-refractivity contribution in [2.24, 2.45) is 0 Å². The number of rotatable bonds is 17. The Morgan fingerprint density at radius 1 is 0.961 bits per heavy atom. The van der Waals surface area contributed by atoms with E-state index in [0.29, 0.717) is 22.8 Å². The van der Waals surface area contributed by atoms with E-state index in [1.807, 2.05) is 36.6 Å². The summed E-state index contributed by atoms with van der Waals surface area (Å²) in [5, 5.41) is 14.8. The molecule has 2 amide bonds. The molecule has 0 aromatic heterocycles. The van der Waals surface area contributed by atoms with E-state index in [1.165, 1.54) is 11.8 Å². The van der Waals surface area contributed by atoms with Crippen LogP contribution in [-0.2, 0) is 23.6 Å². The average Bonchev–Trinajstić information content (AvgIpc) is 3.19. The Kier molecular flexibility index (Phi) is 13.4. The fraction of sp³-hybridized carbons (Fsp3) is 0.462. The van der Waals surface area contributed by atoms with Crippen molar-refractivity contribution in [2.45, 2.75) is 93.1 Å². The van der Waals surface area contributed by atoms with Gasteiger partial charge in [-0.2, -0.15) is 0 Å². The first-order valence-electron chi connectivity index (χ1n) is 17.7. The van der Waals surface area contributed by atoms with Crippen molar-refractivity contribution in [2.75, 3.05) is 36.8 Å².